The highest BCUT2D eigenvalue weighted by Crippen LogP contribution is 2.27. The van der Waals surface area contributed by atoms with E-state index in [1.165, 1.54) is 11.1 Å². The number of rotatable bonds is 5. The van der Waals surface area contributed by atoms with E-state index in [0.717, 1.165) is 6.42 Å². The Balaban J connectivity index is 0.000000261. The molecule has 2 rings (SSSR count). The molecule has 2 aromatic rings. The van der Waals surface area contributed by atoms with E-state index in [1.807, 2.05) is 18.7 Å². The number of imidazole rings is 1. The number of carbonyl (C=O) groups is 2. The van der Waals surface area contributed by atoms with Gasteiger partial charge in [0.05, 0.1) is 12.4 Å². The molecule has 2 aromatic heterocycles. The van der Waals surface area contributed by atoms with Crippen molar-refractivity contribution in [3.05, 3.63) is 52.8 Å². The second-order valence-electron chi connectivity index (χ2n) is 4.45. The monoisotopic (exact) mass is 322 g/mol. The molecule has 0 amide bonds. The van der Waals surface area contributed by atoms with Gasteiger partial charge in [-0.3, -0.25) is 0 Å². The predicted molar refractivity (Wildman–Crippen MR) is 84.1 cm³/mol. The summed E-state index contributed by atoms with van der Waals surface area (Å²) >= 11 is 1.77. The zero-order valence-electron chi connectivity index (χ0n) is 12.3. The molecule has 0 radical (unpaired) electrons. The molecule has 7 heteroatoms. The van der Waals surface area contributed by atoms with Crippen LogP contribution in [-0.2, 0) is 9.59 Å². The van der Waals surface area contributed by atoms with Crippen molar-refractivity contribution in [2.24, 2.45) is 0 Å². The van der Waals surface area contributed by atoms with Crippen LogP contribution in [0.1, 0.15) is 30.5 Å². The number of carboxylic acid groups (broad SMARTS) is 2. The van der Waals surface area contributed by atoms with Crippen molar-refractivity contribution in [2.75, 3.05) is 0 Å². The summed E-state index contributed by atoms with van der Waals surface area (Å²) in [5.74, 6) is -2.51. The van der Waals surface area contributed by atoms with Gasteiger partial charge in [-0.1, -0.05) is 6.92 Å². The summed E-state index contributed by atoms with van der Waals surface area (Å²) in [5.41, 5.74) is 2.81. The third-order valence-electron chi connectivity index (χ3n) is 2.89. The van der Waals surface area contributed by atoms with Crippen molar-refractivity contribution in [3.63, 3.8) is 0 Å². The highest BCUT2D eigenvalue weighted by atomic mass is 32.1. The van der Waals surface area contributed by atoms with E-state index in [2.05, 4.69) is 34.2 Å². The van der Waals surface area contributed by atoms with E-state index in [1.54, 1.807) is 11.3 Å². The Labute approximate surface area is 132 Å². The second-order valence-corrected chi connectivity index (χ2v) is 5.20. The van der Waals surface area contributed by atoms with Gasteiger partial charge in [-0.05, 0) is 35.2 Å². The molecule has 2 N–H and O–H groups in total. The van der Waals surface area contributed by atoms with Gasteiger partial charge in [-0.2, -0.15) is 11.3 Å². The summed E-state index contributed by atoms with van der Waals surface area (Å²) in [6.07, 6.45) is 7.99. The number of hydrogen-bond acceptors (Lipinski definition) is 4. The van der Waals surface area contributed by atoms with Gasteiger partial charge in [0, 0.05) is 24.5 Å². The van der Waals surface area contributed by atoms with E-state index in [9.17, 15) is 9.59 Å². The molecule has 0 bridgehead atoms. The second kappa shape index (κ2) is 8.78. The van der Waals surface area contributed by atoms with Crippen LogP contribution in [0, 0.1) is 6.92 Å². The molecule has 0 aliphatic carbocycles. The Morgan fingerprint density at radius 3 is 2.32 bits per heavy atom. The minimum absolute atomic E-state index is 0.448. The molecule has 0 spiro atoms. The van der Waals surface area contributed by atoms with Crippen LogP contribution in [0.3, 0.4) is 0 Å². The first kappa shape index (κ1) is 17.6. The summed E-state index contributed by atoms with van der Waals surface area (Å²) in [5, 5.41) is 20.1. The maximum Gasteiger partial charge on any atom is 0.328 e. The predicted octanol–water partition coefficient (Wildman–Crippen LogP) is 2.96. The lowest BCUT2D eigenvalue weighted by molar-refractivity contribution is -0.134. The average molecular weight is 322 g/mol. The summed E-state index contributed by atoms with van der Waals surface area (Å²) < 4.78 is 2.18. The number of aromatic nitrogens is 2. The van der Waals surface area contributed by atoms with E-state index in [0.29, 0.717) is 18.2 Å². The first-order valence-corrected chi connectivity index (χ1v) is 7.54. The molecule has 22 heavy (non-hydrogen) atoms. The molecule has 118 valence electrons. The molecule has 0 aliphatic rings. The fourth-order valence-electron chi connectivity index (χ4n) is 1.90. The van der Waals surface area contributed by atoms with Gasteiger partial charge < -0.3 is 14.8 Å². The molecule has 0 saturated heterocycles. The van der Waals surface area contributed by atoms with E-state index >= 15 is 0 Å². The summed E-state index contributed by atoms with van der Waals surface area (Å²) in [7, 11) is 0. The largest absolute Gasteiger partial charge is 0.478 e. The van der Waals surface area contributed by atoms with Gasteiger partial charge >= 0.3 is 11.9 Å². The third kappa shape index (κ3) is 5.53. The fraction of sp³-hybridized carbons (Fsp3) is 0.267. The SMILES string of the molecule is CCC(c1cscc1C)n1ccnc1.O=C(O)C=CC(=O)O. The topological polar surface area (TPSA) is 92.4 Å². The van der Waals surface area contributed by atoms with E-state index in [4.69, 9.17) is 10.2 Å². The van der Waals surface area contributed by atoms with Crippen molar-refractivity contribution in [1.82, 2.24) is 9.55 Å². The van der Waals surface area contributed by atoms with Crippen LogP contribution in [0.5, 0.6) is 0 Å². The van der Waals surface area contributed by atoms with Crippen LogP contribution in [0.25, 0.3) is 0 Å². The van der Waals surface area contributed by atoms with E-state index < -0.39 is 11.9 Å². The summed E-state index contributed by atoms with van der Waals surface area (Å²) in [6.45, 7) is 4.38. The van der Waals surface area contributed by atoms with Gasteiger partial charge in [-0.15, -0.1) is 0 Å². The number of aryl methyl sites for hydroxylation is 1. The van der Waals surface area contributed by atoms with Crippen molar-refractivity contribution >= 4 is 23.3 Å². The number of nitrogens with zero attached hydrogens (tertiary/aromatic N) is 2. The molecule has 0 fully saturated rings. The van der Waals surface area contributed by atoms with Crippen LogP contribution in [-0.4, -0.2) is 31.7 Å². The van der Waals surface area contributed by atoms with Crippen LogP contribution < -0.4 is 0 Å². The van der Waals surface area contributed by atoms with Gasteiger partial charge in [0.25, 0.3) is 0 Å². The maximum absolute atomic E-state index is 9.55. The molecular formula is C15H18N2O4S. The minimum Gasteiger partial charge on any atom is -0.478 e. The Kier molecular flexibility index (Phi) is 7.04. The molecule has 1 unspecified atom stereocenters. The number of thiophene rings is 1. The lowest BCUT2D eigenvalue weighted by atomic mass is 10.0. The average Bonchev–Trinajstić information content (AvgIpc) is 3.11. The van der Waals surface area contributed by atoms with Gasteiger partial charge in [0.15, 0.2) is 0 Å². The van der Waals surface area contributed by atoms with Crippen molar-refractivity contribution < 1.29 is 19.8 Å². The Hall–Kier alpha value is -2.41. The molecule has 1 atom stereocenters. The zero-order chi connectivity index (χ0) is 16.5. The number of aliphatic carboxylic acids is 2. The van der Waals surface area contributed by atoms with E-state index in [-0.39, 0.29) is 0 Å². The smallest absolute Gasteiger partial charge is 0.328 e. The normalized spacial score (nSPS) is 11.7. The fourth-order valence-corrected chi connectivity index (χ4v) is 2.80. The molecule has 0 aromatic carbocycles. The van der Waals surface area contributed by atoms with Gasteiger partial charge in [0.2, 0.25) is 0 Å². The third-order valence-corrected chi connectivity index (χ3v) is 3.77. The van der Waals surface area contributed by atoms with Crippen molar-refractivity contribution in [1.29, 1.82) is 0 Å². The molecular weight excluding hydrogens is 304 g/mol. The zero-order valence-corrected chi connectivity index (χ0v) is 13.2. The van der Waals surface area contributed by atoms with Crippen molar-refractivity contribution in [2.45, 2.75) is 26.3 Å². The van der Waals surface area contributed by atoms with Crippen LogP contribution in [0.15, 0.2) is 41.6 Å². The van der Waals surface area contributed by atoms with Crippen LogP contribution >= 0.6 is 11.3 Å². The van der Waals surface area contributed by atoms with Crippen LogP contribution in [0.2, 0.25) is 0 Å². The quantitative estimate of drug-likeness (QED) is 0.826. The first-order valence-electron chi connectivity index (χ1n) is 6.59. The van der Waals surface area contributed by atoms with Gasteiger partial charge in [-0.25, -0.2) is 14.6 Å². The standard InChI is InChI=1S/C11H14N2S.C4H4O4/c1-3-11(13-5-4-12-8-13)10-7-14-6-9(10)2;5-3(6)1-2-4(7)8/h4-8,11H,3H2,1-2H3;1-2H,(H,5,6)(H,7,8). The number of hydrogen-bond donors (Lipinski definition) is 2. The first-order chi connectivity index (χ1) is 10.5. The highest BCUT2D eigenvalue weighted by Gasteiger charge is 2.13. The lowest BCUT2D eigenvalue weighted by Gasteiger charge is -2.16. The molecule has 0 aliphatic heterocycles. The van der Waals surface area contributed by atoms with Gasteiger partial charge in [0.1, 0.15) is 0 Å². The molecule has 6 nitrogen and oxygen atoms in total. The Morgan fingerprint density at radius 1 is 1.32 bits per heavy atom. The van der Waals surface area contributed by atoms with Crippen molar-refractivity contribution in [3.8, 4) is 0 Å². The Morgan fingerprint density at radius 2 is 1.95 bits per heavy atom. The molecule has 0 saturated carbocycles. The maximum atomic E-state index is 9.55. The highest BCUT2D eigenvalue weighted by molar-refractivity contribution is 7.08. The molecule has 2 heterocycles. The van der Waals surface area contributed by atoms with Crippen LogP contribution in [0.4, 0.5) is 0 Å². The minimum atomic E-state index is -1.26. The number of carboxylic acids is 2. The summed E-state index contributed by atoms with van der Waals surface area (Å²) in [4.78, 5) is 23.2. The Bertz CT molecular complexity index is 616. The lowest BCUT2D eigenvalue weighted by Crippen LogP contribution is -2.07. The summed E-state index contributed by atoms with van der Waals surface area (Å²) in [6, 6.07) is 0.448.